The van der Waals surface area contributed by atoms with Crippen molar-refractivity contribution in [1.82, 2.24) is 4.90 Å². The molecule has 0 saturated heterocycles. The molecule has 1 heterocycles. The number of amides is 3. The van der Waals surface area contributed by atoms with Gasteiger partial charge in [0.15, 0.2) is 0 Å². The molecule has 0 saturated carbocycles. The van der Waals surface area contributed by atoms with E-state index in [-0.39, 0.29) is 24.3 Å². The Labute approximate surface area is 216 Å². The van der Waals surface area contributed by atoms with Crippen LogP contribution in [0, 0.1) is 13.8 Å². The summed E-state index contributed by atoms with van der Waals surface area (Å²) in [5.41, 5.74) is 4.95. The topological polar surface area (TPSA) is 57.7 Å². The van der Waals surface area contributed by atoms with E-state index in [0.717, 1.165) is 33.2 Å². The number of carbonyl (C=O) groups is 3. The summed E-state index contributed by atoms with van der Waals surface area (Å²) in [5, 5.41) is 1.60. The first-order valence-electron chi connectivity index (χ1n) is 12.4. The van der Waals surface area contributed by atoms with Gasteiger partial charge in [-0.25, -0.2) is 0 Å². The van der Waals surface area contributed by atoms with Crippen LogP contribution in [0.2, 0.25) is 0 Å². The molecule has 1 aliphatic rings. The maximum atomic E-state index is 13.3. The zero-order chi connectivity index (χ0) is 25.9. The first kappa shape index (κ1) is 24.2. The van der Waals surface area contributed by atoms with Crippen molar-refractivity contribution >= 4 is 40.3 Å². The molecule has 0 bridgehead atoms. The van der Waals surface area contributed by atoms with E-state index in [1.54, 1.807) is 29.2 Å². The average Bonchev–Trinajstić information content (AvgIpc) is 2.91. The predicted octanol–water partition coefficient (Wildman–Crippen LogP) is 6.19. The first-order chi connectivity index (χ1) is 17.9. The molecule has 0 N–H and O–H groups in total. The number of anilines is 1. The SMILES string of the molecule is Cc1ccc(N(CCCN2C(=O)c3cccc4cccc(c34)C2=O)C(=O)/C=C/c2ccccc2)c(C)c1. The molecule has 1 aliphatic heterocycles. The lowest BCUT2D eigenvalue weighted by atomic mass is 9.94. The van der Waals surface area contributed by atoms with E-state index in [1.165, 1.54) is 4.90 Å². The van der Waals surface area contributed by atoms with Crippen molar-refractivity contribution in [3.63, 3.8) is 0 Å². The fraction of sp³-hybridized carbons (Fsp3) is 0.156. The second-order valence-electron chi connectivity index (χ2n) is 9.35. The lowest BCUT2D eigenvalue weighted by molar-refractivity contribution is -0.114. The maximum Gasteiger partial charge on any atom is 0.261 e. The Balaban J connectivity index is 1.37. The number of imide groups is 1. The molecule has 4 aromatic carbocycles. The van der Waals surface area contributed by atoms with Crippen molar-refractivity contribution in [2.45, 2.75) is 20.3 Å². The summed E-state index contributed by atoms with van der Waals surface area (Å²) in [6.07, 6.45) is 3.82. The van der Waals surface area contributed by atoms with Gasteiger partial charge in [0.2, 0.25) is 0 Å². The highest BCUT2D eigenvalue weighted by molar-refractivity contribution is 6.25. The summed E-state index contributed by atoms with van der Waals surface area (Å²) in [6.45, 7) is 4.59. The van der Waals surface area contributed by atoms with Crippen LogP contribution in [0.3, 0.4) is 0 Å². The molecular formula is C32H28N2O3. The van der Waals surface area contributed by atoms with Crippen molar-refractivity contribution in [3.05, 3.63) is 119 Å². The van der Waals surface area contributed by atoms with Gasteiger partial charge in [0.05, 0.1) is 0 Å². The highest BCUT2D eigenvalue weighted by Crippen LogP contribution is 2.30. The van der Waals surface area contributed by atoms with E-state index >= 15 is 0 Å². The van der Waals surface area contributed by atoms with Crippen LogP contribution in [-0.4, -0.2) is 35.7 Å². The number of hydrogen-bond donors (Lipinski definition) is 0. The molecule has 0 atom stereocenters. The van der Waals surface area contributed by atoms with Crippen LogP contribution >= 0.6 is 0 Å². The third-order valence-corrected chi connectivity index (χ3v) is 6.75. The molecule has 5 nitrogen and oxygen atoms in total. The van der Waals surface area contributed by atoms with Crippen LogP contribution in [0.5, 0.6) is 0 Å². The Morgan fingerprint density at radius 2 is 1.51 bits per heavy atom. The lowest BCUT2D eigenvalue weighted by Crippen LogP contribution is -2.42. The van der Waals surface area contributed by atoms with Gasteiger partial charge >= 0.3 is 0 Å². The van der Waals surface area contributed by atoms with E-state index in [0.29, 0.717) is 24.1 Å². The first-order valence-corrected chi connectivity index (χ1v) is 12.4. The van der Waals surface area contributed by atoms with E-state index < -0.39 is 0 Å². The molecular weight excluding hydrogens is 460 g/mol. The van der Waals surface area contributed by atoms with E-state index in [9.17, 15) is 14.4 Å². The summed E-state index contributed by atoms with van der Waals surface area (Å²) in [4.78, 5) is 42.9. The van der Waals surface area contributed by atoms with Gasteiger partial charge in [-0.05, 0) is 61.1 Å². The van der Waals surface area contributed by atoms with Crippen LogP contribution in [0.4, 0.5) is 5.69 Å². The van der Waals surface area contributed by atoms with E-state index in [2.05, 4.69) is 0 Å². The molecule has 0 radical (unpaired) electrons. The minimum absolute atomic E-state index is 0.151. The summed E-state index contributed by atoms with van der Waals surface area (Å²) < 4.78 is 0. The van der Waals surface area contributed by atoms with E-state index in [1.807, 2.05) is 86.6 Å². The molecule has 37 heavy (non-hydrogen) atoms. The van der Waals surface area contributed by atoms with E-state index in [4.69, 9.17) is 0 Å². The molecule has 184 valence electrons. The number of rotatable bonds is 7. The van der Waals surface area contributed by atoms with Gasteiger partial charge in [0.25, 0.3) is 17.7 Å². The molecule has 5 rings (SSSR count). The lowest BCUT2D eigenvalue weighted by Gasteiger charge is -2.29. The van der Waals surface area contributed by atoms with Crippen molar-refractivity contribution in [3.8, 4) is 0 Å². The Hall–Kier alpha value is -4.51. The predicted molar refractivity (Wildman–Crippen MR) is 148 cm³/mol. The fourth-order valence-electron chi connectivity index (χ4n) is 4.95. The van der Waals surface area contributed by atoms with Gasteiger partial charge in [-0.2, -0.15) is 0 Å². The van der Waals surface area contributed by atoms with Crippen molar-refractivity contribution in [2.75, 3.05) is 18.0 Å². The third-order valence-electron chi connectivity index (χ3n) is 6.75. The standard InChI is InChI=1S/C32H28N2O3/c1-22-15-17-28(23(2)21-22)33(29(35)18-16-24-9-4-3-5-10-24)19-8-20-34-31(36)26-13-6-11-25-12-7-14-27(30(25)26)32(34)37/h3-7,9-18,21H,8,19-20H2,1-2H3/b18-16+. The van der Waals surface area contributed by atoms with Crippen molar-refractivity contribution in [1.29, 1.82) is 0 Å². The average molecular weight is 489 g/mol. The van der Waals surface area contributed by atoms with Crippen molar-refractivity contribution < 1.29 is 14.4 Å². The monoisotopic (exact) mass is 488 g/mol. The second kappa shape index (κ2) is 10.2. The van der Waals surface area contributed by atoms with Gasteiger partial charge in [0.1, 0.15) is 0 Å². The molecule has 0 fully saturated rings. The Morgan fingerprint density at radius 1 is 0.838 bits per heavy atom. The normalized spacial score (nSPS) is 13.0. The molecule has 0 aliphatic carbocycles. The summed E-state index contributed by atoms with van der Waals surface area (Å²) >= 11 is 0. The van der Waals surface area contributed by atoms with Crippen LogP contribution < -0.4 is 4.90 Å². The van der Waals surface area contributed by atoms with Crippen LogP contribution in [0.15, 0.2) is 91.0 Å². The molecule has 3 amide bonds. The molecule has 0 spiro atoms. The van der Waals surface area contributed by atoms with Gasteiger partial charge in [-0.3, -0.25) is 19.3 Å². The largest absolute Gasteiger partial charge is 0.309 e. The Kier molecular flexibility index (Phi) is 6.69. The minimum Gasteiger partial charge on any atom is -0.309 e. The molecule has 0 unspecified atom stereocenters. The third kappa shape index (κ3) is 4.81. The highest BCUT2D eigenvalue weighted by Gasteiger charge is 2.32. The molecule has 4 aromatic rings. The number of hydrogen-bond acceptors (Lipinski definition) is 3. The van der Waals surface area contributed by atoms with Crippen LogP contribution in [-0.2, 0) is 4.79 Å². The summed E-state index contributed by atoms with van der Waals surface area (Å²) in [6, 6.07) is 26.7. The van der Waals surface area contributed by atoms with Crippen LogP contribution in [0.25, 0.3) is 16.8 Å². The molecule has 5 heteroatoms. The van der Waals surface area contributed by atoms with Gasteiger partial charge in [0, 0.05) is 41.4 Å². The quantitative estimate of drug-likeness (QED) is 0.230. The zero-order valence-corrected chi connectivity index (χ0v) is 21.0. The van der Waals surface area contributed by atoms with Crippen molar-refractivity contribution in [2.24, 2.45) is 0 Å². The maximum absolute atomic E-state index is 13.3. The van der Waals surface area contributed by atoms with Gasteiger partial charge in [-0.15, -0.1) is 0 Å². The second-order valence-corrected chi connectivity index (χ2v) is 9.35. The fourth-order valence-corrected chi connectivity index (χ4v) is 4.95. The number of aryl methyl sites for hydroxylation is 2. The zero-order valence-electron chi connectivity index (χ0n) is 21.0. The number of carbonyl (C=O) groups excluding carboxylic acids is 3. The number of benzene rings is 4. The molecule has 0 aromatic heterocycles. The van der Waals surface area contributed by atoms with Gasteiger partial charge < -0.3 is 4.90 Å². The Morgan fingerprint density at radius 3 is 2.16 bits per heavy atom. The highest BCUT2D eigenvalue weighted by atomic mass is 16.2. The smallest absolute Gasteiger partial charge is 0.261 e. The van der Waals surface area contributed by atoms with Gasteiger partial charge in [-0.1, -0.05) is 72.3 Å². The minimum atomic E-state index is -0.289. The number of nitrogens with zero attached hydrogens (tertiary/aromatic N) is 2. The summed E-state index contributed by atoms with van der Waals surface area (Å²) in [5.74, 6) is -0.729. The van der Waals surface area contributed by atoms with Crippen LogP contribution in [0.1, 0.15) is 43.8 Å². The Bertz CT molecular complexity index is 1490. The summed E-state index contributed by atoms with van der Waals surface area (Å²) in [7, 11) is 0.